The number of hydrogen-bond acceptors (Lipinski definition) is 2. The molecular weight excluding hydrogens is 329 g/mol. The summed E-state index contributed by atoms with van der Waals surface area (Å²) in [6.45, 7) is 6.06. The van der Waals surface area contributed by atoms with Crippen molar-refractivity contribution >= 4 is 5.91 Å². The fraction of sp³-hybridized carbons (Fsp3) is 0.143. The van der Waals surface area contributed by atoms with E-state index in [2.05, 4.69) is 11.7 Å². The monoisotopic (exact) mass is 349 g/mol. The molecule has 0 aliphatic heterocycles. The van der Waals surface area contributed by atoms with E-state index in [1.54, 1.807) is 35.0 Å². The molecule has 3 aromatic rings. The lowest BCUT2D eigenvalue weighted by molar-refractivity contribution is 0.0755. The lowest BCUT2D eigenvalue weighted by Gasteiger charge is -2.20. The largest absolute Gasteiger partial charge is 0.329 e. The topological polar surface area (TPSA) is 38.1 Å². The van der Waals surface area contributed by atoms with Gasteiger partial charge in [0.05, 0.1) is 5.69 Å². The second kappa shape index (κ2) is 7.78. The first-order chi connectivity index (χ1) is 12.6. The van der Waals surface area contributed by atoms with Gasteiger partial charge in [-0.3, -0.25) is 4.79 Å². The van der Waals surface area contributed by atoms with Gasteiger partial charge in [-0.25, -0.2) is 9.07 Å². The first-order valence-electron chi connectivity index (χ1n) is 8.36. The molecule has 0 N–H and O–H groups in total. The molecule has 0 spiro atoms. The van der Waals surface area contributed by atoms with Crippen molar-refractivity contribution in [3.05, 3.63) is 96.1 Å². The third-order valence-corrected chi connectivity index (χ3v) is 4.06. The van der Waals surface area contributed by atoms with E-state index in [1.807, 2.05) is 37.3 Å². The number of rotatable bonds is 6. The molecule has 5 heteroatoms. The fourth-order valence-corrected chi connectivity index (χ4v) is 2.78. The lowest BCUT2D eigenvalue weighted by atomic mass is 10.2. The van der Waals surface area contributed by atoms with Crippen molar-refractivity contribution in [3.8, 4) is 5.69 Å². The molecule has 2 aromatic carbocycles. The quantitative estimate of drug-likeness (QED) is 0.627. The fourth-order valence-electron chi connectivity index (χ4n) is 2.78. The maximum absolute atomic E-state index is 14.0. The van der Waals surface area contributed by atoms with E-state index in [0.717, 1.165) is 11.4 Å². The van der Waals surface area contributed by atoms with Gasteiger partial charge < -0.3 is 4.90 Å². The van der Waals surface area contributed by atoms with Crippen molar-refractivity contribution in [1.82, 2.24) is 14.7 Å². The summed E-state index contributed by atoms with van der Waals surface area (Å²) in [5, 5.41) is 4.44. The number of nitrogens with zero attached hydrogens (tertiary/aromatic N) is 3. The molecule has 0 radical (unpaired) electrons. The van der Waals surface area contributed by atoms with Crippen LogP contribution >= 0.6 is 0 Å². The van der Waals surface area contributed by atoms with E-state index in [0.29, 0.717) is 17.8 Å². The average Bonchev–Trinajstić information content (AvgIpc) is 3.05. The van der Waals surface area contributed by atoms with Crippen LogP contribution in [-0.2, 0) is 6.54 Å². The Morgan fingerprint density at radius 2 is 1.88 bits per heavy atom. The van der Waals surface area contributed by atoms with Crippen LogP contribution in [0.5, 0.6) is 0 Å². The zero-order valence-corrected chi connectivity index (χ0v) is 14.6. The molecule has 0 aliphatic carbocycles. The highest BCUT2D eigenvalue weighted by atomic mass is 19.1. The van der Waals surface area contributed by atoms with Crippen LogP contribution in [-0.4, -0.2) is 27.1 Å². The van der Waals surface area contributed by atoms with E-state index in [1.165, 1.54) is 11.0 Å². The van der Waals surface area contributed by atoms with Crippen LogP contribution in [0.3, 0.4) is 0 Å². The normalized spacial score (nSPS) is 10.5. The molecule has 0 bridgehead atoms. The summed E-state index contributed by atoms with van der Waals surface area (Å²) in [5.41, 5.74) is 2.52. The van der Waals surface area contributed by atoms with Crippen LogP contribution in [0.1, 0.15) is 21.7 Å². The van der Waals surface area contributed by atoms with Gasteiger partial charge in [0.15, 0.2) is 5.69 Å². The van der Waals surface area contributed by atoms with E-state index in [-0.39, 0.29) is 18.3 Å². The summed E-state index contributed by atoms with van der Waals surface area (Å²) in [6.07, 6.45) is 1.62. The first kappa shape index (κ1) is 17.6. The Bertz CT molecular complexity index is 918. The van der Waals surface area contributed by atoms with Crippen LogP contribution in [0.15, 0.2) is 73.3 Å². The van der Waals surface area contributed by atoms with Crippen LogP contribution in [0.4, 0.5) is 4.39 Å². The van der Waals surface area contributed by atoms with Crippen LogP contribution < -0.4 is 0 Å². The summed E-state index contributed by atoms with van der Waals surface area (Å²) >= 11 is 0. The molecule has 0 fully saturated rings. The molecule has 1 heterocycles. The van der Waals surface area contributed by atoms with Gasteiger partial charge in [0.2, 0.25) is 0 Å². The maximum atomic E-state index is 14.0. The Hall–Kier alpha value is -3.21. The molecule has 0 unspecified atom stereocenters. The van der Waals surface area contributed by atoms with Gasteiger partial charge >= 0.3 is 0 Å². The number of hydrogen-bond donors (Lipinski definition) is 0. The standard InChI is InChI=1S/C21H20FN3O/c1-3-13-24(15-17-9-7-8-12-19(17)22)21(26)20-14-16(2)25(23-20)18-10-5-4-6-11-18/h3-12,14H,1,13,15H2,2H3. The molecular formula is C21H20FN3O. The number of aryl methyl sites for hydroxylation is 1. The Kier molecular flexibility index (Phi) is 5.27. The Balaban J connectivity index is 1.88. The number of carbonyl (C=O) groups excluding carboxylic acids is 1. The van der Waals surface area contributed by atoms with Gasteiger partial charge in [-0.2, -0.15) is 5.10 Å². The van der Waals surface area contributed by atoms with E-state index in [4.69, 9.17) is 0 Å². The zero-order valence-electron chi connectivity index (χ0n) is 14.6. The molecule has 0 aliphatic rings. The van der Waals surface area contributed by atoms with Gasteiger partial charge in [-0.1, -0.05) is 42.5 Å². The first-order valence-corrected chi connectivity index (χ1v) is 8.36. The third kappa shape index (κ3) is 3.72. The van der Waals surface area contributed by atoms with E-state index < -0.39 is 0 Å². The van der Waals surface area contributed by atoms with Crippen molar-refractivity contribution in [2.24, 2.45) is 0 Å². The summed E-state index contributed by atoms with van der Waals surface area (Å²) in [7, 11) is 0. The van der Waals surface area contributed by atoms with Crippen LogP contribution in [0.2, 0.25) is 0 Å². The molecule has 1 amide bonds. The number of halogens is 1. The number of amides is 1. The van der Waals surface area contributed by atoms with Crippen LogP contribution in [0.25, 0.3) is 5.69 Å². The van der Waals surface area contributed by atoms with Gasteiger partial charge in [-0.05, 0) is 31.2 Å². The molecule has 0 saturated carbocycles. The van der Waals surface area contributed by atoms with Crippen molar-refractivity contribution in [1.29, 1.82) is 0 Å². The third-order valence-electron chi connectivity index (χ3n) is 4.06. The number of carbonyl (C=O) groups is 1. The highest BCUT2D eigenvalue weighted by Crippen LogP contribution is 2.16. The number of para-hydroxylation sites is 1. The summed E-state index contributed by atoms with van der Waals surface area (Å²) in [4.78, 5) is 14.5. The van der Waals surface area contributed by atoms with Gasteiger partial charge in [0.1, 0.15) is 5.82 Å². The SMILES string of the molecule is C=CCN(Cc1ccccc1F)C(=O)c1cc(C)n(-c2ccccc2)n1. The molecule has 132 valence electrons. The maximum Gasteiger partial charge on any atom is 0.274 e. The van der Waals surface area contributed by atoms with Gasteiger partial charge in [-0.15, -0.1) is 6.58 Å². The second-order valence-electron chi connectivity index (χ2n) is 5.98. The highest BCUT2D eigenvalue weighted by Gasteiger charge is 2.20. The van der Waals surface area contributed by atoms with Crippen LogP contribution in [0, 0.1) is 12.7 Å². The molecule has 1 aromatic heterocycles. The van der Waals surface area contributed by atoms with Crippen molar-refractivity contribution in [3.63, 3.8) is 0 Å². The van der Waals surface area contributed by atoms with Crippen molar-refractivity contribution < 1.29 is 9.18 Å². The minimum absolute atomic E-state index is 0.161. The Morgan fingerprint density at radius 3 is 2.58 bits per heavy atom. The summed E-state index contributed by atoms with van der Waals surface area (Å²) < 4.78 is 15.7. The van der Waals surface area contributed by atoms with Gasteiger partial charge in [0, 0.05) is 24.3 Å². The van der Waals surface area contributed by atoms with Crippen molar-refractivity contribution in [2.45, 2.75) is 13.5 Å². The Labute approximate surface area is 152 Å². The number of benzene rings is 2. The smallest absolute Gasteiger partial charge is 0.274 e. The predicted octanol–water partition coefficient (Wildman–Crippen LogP) is 4.15. The molecule has 0 saturated heterocycles. The minimum atomic E-state index is -0.333. The number of aromatic nitrogens is 2. The molecule has 26 heavy (non-hydrogen) atoms. The average molecular weight is 349 g/mol. The second-order valence-corrected chi connectivity index (χ2v) is 5.98. The summed E-state index contributed by atoms with van der Waals surface area (Å²) in [5.74, 6) is -0.591. The van der Waals surface area contributed by atoms with E-state index in [9.17, 15) is 9.18 Å². The van der Waals surface area contributed by atoms with E-state index >= 15 is 0 Å². The molecule has 4 nitrogen and oxygen atoms in total. The highest BCUT2D eigenvalue weighted by molar-refractivity contribution is 5.92. The summed E-state index contributed by atoms with van der Waals surface area (Å²) in [6, 6.07) is 17.8. The van der Waals surface area contributed by atoms with Crippen molar-refractivity contribution in [2.75, 3.05) is 6.54 Å². The Morgan fingerprint density at radius 1 is 1.19 bits per heavy atom. The molecule has 0 atom stereocenters. The minimum Gasteiger partial charge on any atom is -0.329 e. The zero-order chi connectivity index (χ0) is 18.5. The van der Waals surface area contributed by atoms with Gasteiger partial charge in [0.25, 0.3) is 5.91 Å². The molecule has 3 rings (SSSR count). The predicted molar refractivity (Wildman–Crippen MR) is 99.6 cm³/mol. The lowest BCUT2D eigenvalue weighted by Crippen LogP contribution is -2.31.